The fraction of sp³-hybridized carbons (Fsp3) is 0.118. The molecule has 0 aliphatic heterocycles. The molecule has 0 atom stereocenters. The number of rotatable bonds is 2. The Hall–Kier alpha value is -3.02. The Morgan fingerprint density at radius 3 is 2.83 bits per heavy atom. The van der Waals surface area contributed by atoms with Crippen LogP contribution in [0.2, 0.25) is 0 Å². The second-order valence-electron chi connectivity index (χ2n) is 5.46. The van der Waals surface area contributed by atoms with Gasteiger partial charge in [0.05, 0.1) is 6.20 Å². The van der Waals surface area contributed by atoms with E-state index in [1.165, 1.54) is 6.07 Å². The lowest BCUT2D eigenvalue weighted by Crippen LogP contribution is -2.10. The molecule has 114 valence electrons. The molecule has 0 aliphatic rings. The number of pyridine rings is 1. The minimum absolute atomic E-state index is 0.243. The molecule has 0 radical (unpaired) electrons. The van der Waals surface area contributed by atoms with Gasteiger partial charge in [-0.3, -0.25) is 4.79 Å². The first-order valence-electron chi connectivity index (χ1n) is 7.20. The molecule has 23 heavy (non-hydrogen) atoms. The van der Waals surface area contributed by atoms with E-state index < -0.39 is 0 Å². The molecule has 0 aliphatic carbocycles. The third kappa shape index (κ3) is 2.11. The molecule has 4 aromatic rings. The van der Waals surface area contributed by atoms with Crippen molar-refractivity contribution in [1.29, 1.82) is 0 Å². The highest BCUT2D eigenvalue weighted by Gasteiger charge is 2.13. The first-order valence-corrected chi connectivity index (χ1v) is 7.20. The fourth-order valence-electron chi connectivity index (χ4n) is 2.92. The molecule has 0 unspecified atom stereocenters. The first kappa shape index (κ1) is 13.6. The largest absolute Gasteiger partial charge is 0.324 e. The molecule has 3 heterocycles. The number of hydrogen-bond donors (Lipinski definition) is 1. The van der Waals surface area contributed by atoms with E-state index >= 15 is 0 Å². The normalized spacial score (nSPS) is 11.4. The fourth-order valence-corrected chi connectivity index (χ4v) is 2.92. The number of benzene rings is 1. The molecular formula is C17H13FN4O. The summed E-state index contributed by atoms with van der Waals surface area (Å²) in [4.78, 5) is 16.6. The van der Waals surface area contributed by atoms with Gasteiger partial charge in [-0.15, -0.1) is 0 Å². The Kier molecular flexibility index (Phi) is 2.97. The second kappa shape index (κ2) is 5.01. The maximum Gasteiger partial charge on any atom is 0.288 e. The SMILES string of the molecule is Cn1c2nc(Cc3ccccc3F)ccc2c2cn[nH]c(=O)c21. The van der Waals surface area contributed by atoms with Crippen LogP contribution in [0.5, 0.6) is 0 Å². The van der Waals surface area contributed by atoms with Crippen LogP contribution in [0.4, 0.5) is 4.39 Å². The topological polar surface area (TPSA) is 63.6 Å². The van der Waals surface area contributed by atoms with Crippen LogP contribution in [-0.4, -0.2) is 19.7 Å². The highest BCUT2D eigenvalue weighted by Crippen LogP contribution is 2.24. The number of nitrogens with zero attached hydrogens (tertiary/aromatic N) is 3. The van der Waals surface area contributed by atoms with Crippen molar-refractivity contribution >= 4 is 21.9 Å². The van der Waals surface area contributed by atoms with Gasteiger partial charge in [0.15, 0.2) is 0 Å². The van der Waals surface area contributed by atoms with E-state index in [9.17, 15) is 9.18 Å². The summed E-state index contributed by atoms with van der Waals surface area (Å²) in [5.74, 6) is -0.243. The molecular weight excluding hydrogens is 295 g/mol. The number of aromatic nitrogens is 4. The van der Waals surface area contributed by atoms with Crippen molar-refractivity contribution < 1.29 is 4.39 Å². The van der Waals surface area contributed by atoms with E-state index in [2.05, 4.69) is 15.2 Å². The predicted molar refractivity (Wildman–Crippen MR) is 85.8 cm³/mol. The standard InChI is InChI=1S/C17H13FN4O/c1-22-15-13(9-19-21-17(15)23)12-7-6-11(20-16(12)22)8-10-4-2-3-5-14(10)18/h2-7,9H,8H2,1H3,(H,21,23). The van der Waals surface area contributed by atoms with E-state index in [-0.39, 0.29) is 11.4 Å². The molecule has 0 bridgehead atoms. The van der Waals surface area contributed by atoms with Crippen LogP contribution in [0.1, 0.15) is 11.3 Å². The molecule has 0 fully saturated rings. The number of fused-ring (bicyclic) bond motifs is 3. The number of aryl methyl sites for hydroxylation is 1. The quantitative estimate of drug-likeness (QED) is 0.619. The number of hydrogen-bond acceptors (Lipinski definition) is 3. The summed E-state index contributed by atoms with van der Waals surface area (Å²) in [6.45, 7) is 0. The number of halogens is 1. The first-order chi connectivity index (χ1) is 11.1. The van der Waals surface area contributed by atoms with Crippen molar-refractivity contribution in [1.82, 2.24) is 19.7 Å². The Balaban J connectivity index is 1.90. The zero-order chi connectivity index (χ0) is 16.0. The molecule has 0 saturated heterocycles. The zero-order valence-electron chi connectivity index (χ0n) is 12.4. The molecule has 0 spiro atoms. The maximum absolute atomic E-state index is 13.8. The van der Waals surface area contributed by atoms with Crippen LogP contribution >= 0.6 is 0 Å². The van der Waals surface area contributed by atoms with Gasteiger partial charge >= 0.3 is 0 Å². The van der Waals surface area contributed by atoms with E-state index in [1.807, 2.05) is 12.1 Å². The van der Waals surface area contributed by atoms with Crippen molar-refractivity contribution in [2.24, 2.45) is 7.05 Å². The minimum Gasteiger partial charge on any atom is -0.324 e. The summed E-state index contributed by atoms with van der Waals surface area (Å²) in [7, 11) is 1.79. The minimum atomic E-state index is -0.251. The molecule has 1 aromatic carbocycles. The van der Waals surface area contributed by atoms with Gasteiger partial charge in [0, 0.05) is 29.9 Å². The molecule has 6 heteroatoms. The van der Waals surface area contributed by atoms with Gasteiger partial charge < -0.3 is 4.57 Å². The smallest absolute Gasteiger partial charge is 0.288 e. The van der Waals surface area contributed by atoms with Crippen LogP contribution in [0.3, 0.4) is 0 Å². The van der Waals surface area contributed by atoms with Crippen molar-refractivity contribution in [3.05, 3.63) is 70.0 Å². The van der Waals surface area contributed by atoms with Gasteiger partial charge in [0.25, 0.3) is 5.56 Å². The number of aromatic amines is 1. The van der Waals surface area contributed by atoms with Crippen LogP contribution in [0.25, 0.3) is 21.9 Å². The summed E-state index contributed by atoms with van der Waals surface area (Å²) < 4.78 is 15.5. The highest BCUT2D eigenvalue weighted by molar-refractivity contribution is 6.05. The van der Waals surface area contributed by atoms with Crippen LogP contribution < -0.4 is 5.56 Å². The number of nitrogens with one attached hydrogen (secondary N) is 1. The molecule has 4 rings (SSSR count). The van der Waals surface area contributed by atoms with Crippen molar-refractivity contribution in [2.75, 3.05) is 0 Å². The van der Waals surface area contributed by atoms with Gasteiger partial charge in [-0.2, -0.15) is 5.10 Å². The maximum atomic E-state index is 13.8. The van der Waals surface area contributed by atoms with Gasteiger partial charge in [-0.1, -0.05) is 18.2 Å². The van der Waals surface area contributed by atoms with Crippen LogP contribution in [-0.2, 0) is 13.5 Å². The average molecular weight is 308 g/mol. The molecule has 3 aromatic heterocycles. The molecule has 0 amide bonds. The Morgan fingerprint density at radius 2 is 2.00 bits per heavy atom. The lowest BCUT2D eigenvalue weighted by molar-refractivity contribution is 0.613. The summed E-state index contributed by atoms with van der Waals surface area (Å²) in [5, 5.41) is 7.90. The molecule has 1 N–H and O–H groups in total. The summed E-state index contributed by atoms with van der Waals surface area (Å²) in [5.41, 5.74) is 2.31. The Morgan fingerprint density at radius 1 is 1.17 bits per heavy atom. The number of H-pyrrole nitrogens is 1. The summed E-state index contributed by atoms with van der Waals surface area (Å²) in [6.07, 6.45) is 2.02. The third-order valence-electron chi connectivity index (χ3n) is 4.04. The monoisotopic (exact) mass is 308 g/mol. The molecule has 5 nitrogen and oxygen atoms in total. The van der Waals surface area contributed by atoms with Gasteiger partial charge in [0.2, 0.25) is 0 Å². The zero-order valence-corrected chi connectivity index (χ0v) is 12.4. The van der Waals surface area contributed by atoms with Crippen molar-refractivity contribution in [3.8, 4) is 0 Å². The van der Waals surface area contributed by atoms with E-state index in [0.29, 0.717) is 23.1 Å². The third-order valence-corrected chi connectivity index (χ3v) is 4.04. The van der Waals surface area contributed by atoms with E-state index in [1.54, 1.807) is 36.0 Å². The van der Waals surface area contributed by atoms with Gasteiger partial charge in [0.1, 0.15) is 17.0 Å². The van der Waals surface area contributed by atoms with Crippen LogP contribution in [0, 0.1) is 5.82 Å². The lowest BCUT2D eigenvalue weighted by Gasteiger charge is -2.04. The van der Waals surface area contributed by atoms with E-state index in [0.717, 1.165) is 16.5 Å². The molecule has 0 saturated carbocycles. The second-order valence-corrected chi connectivity index (χ2v) is 5.46. The highest BCUT2D eigenvalue weighted by atomic mass is 19.1. The Bertz CT molecular complexity index is 1100. The van der Waals surface area contributed by atoms with Crippen LogP contribution in [0.15, 0.2) is 47.4 Å². The van der Waals surface area contributed by atoms with Gasteiger partial charge in [-0.05, 0) is 23.8 Å². The average Bonchev–Trinajstić information content (AvgIpc) is 2.84. The summed E-state index contributed by atoms with van der Waals surface area (Å²) >= 11 is 0. The lowest BCUT2D eigenvalue weighted by atomic mass is 10.1. The predicted octanol–water partition coefficient (Wildman–Crippen LogP) is 2.54. The van der Waals surface area contributed by atoms with Crippen molar-refractivity contribution in [3.63, 3.8) is 0 Å². The Labute approximate surface area is 130 Å². The summed E-state index contributed by atoms with van der Waals surface area (Å²) in [6, 6.07) is 10.4. The van der Waals surface area contributed by atoms with Crippen molar-refractivity contribution in [2.45, 2.75) is 6.42 Å². The van der Waals surface area contributed by atoms with E-state index in [4.69, 9.17) is 0 Å². The van der Waals surface area contributed by atoms with Gasteiger partial charge in [-0.25, -0.2) is 14.5 Å².